The first-order chi connectivity index (χ1) is 47.8. The van der Waals surface area contributed by atoms with Gasteiger partial charge in [-0.1, -0.05) is 51.7 Å². The molecule has 0 aliphatic carbocycles. The van der Waals surface area contributed by atoms with Crippen molar-refractivity contribution >= 4 is 45.9 Å². The molecule has 0 fully saturated rings. The van der Waals surface area contributed by atoms with Crippen molar-refractivity contribution in [2.75, 3.05) is 0 Å². The molecule has 2 aromatic heterocycles. The standard InChI is InChI=1S/2C32H11F10N3O2.C6H14/c2*33-23-21(24(34)28(38)31(41)27(23)37)19-13-4-5-14(43-13)20(22-25(35)29(39)32(42)30(40)26(22)36)16-7-9-18(45-16)47-12-3-1-2-11(10-12)46-17-8-6-15(19)44-17;1-3-5-6-4-2/h2*1-10,43H;3-6H2,1-2H3. The molecule has 8 heterocycles. The van der Waals surface area contributed by atoms with Crippen molar-refractivity contribution in [1.29, 1.82) is 0 Å². The van der Waals surface area contributed by atoms with Gasteiger partial charge in [0.1, 0.15) is 23.0 Å². The zero-order valence-electron chi connectivity index (χ0n) is 50.4. The van der Waals surface area contributed by atoms with Crippen LogP contribution in [0.4, 0.5) is 87.8 Å². The van der Waals surface area contributed by atoms with E-state index in [-0.39, 0.29) is 46.6 Å². The minimum Gasteiger partial charge on any atom is -0.439 e. The maximum Gasteiger partial charge on any atom is 0.219 e. The van der Waals surface area contributed by atoms with Gasteiger partial charge in [-0.2, -0.15) is 0 Å². The topological polar surface area (TPSA) is 118 Å². The van der Waals surface area contributed by atoms with Crippen LogP contribution in [0.15, 0.2) is 164 Å². The van der Waals surface area contributed by atoms with E-state index in [1.54, 1.807) is 0 Å². The lowest BCUT2D eigenvalue weighted by Crippen LogP contribution is -2.10. The van der Waals surface area contributed by atoms with Crippen molar-refractivity contribution in [3.8, 4) is 23.0 Å². The zero-order valence-corrected chi connectivity index (χ0v) is 50.4. The fourth-order valence-electron chi connectivity index (χ4n) is 10.6. The number of aromatic amines is 2. The molecule has 0 saturated carbocycles. The highest BCUT2D eigenvalue weighted by Gasteiger charge is 2.37. The van der Waals surface area contributed by atoms with Crippen LogP contribution < -0.4 is 18.9 Å². The van der Waals surface area contributed by atoms with Crippen molar-refractivity contribution in [2.24, 2.45) is 20.0 Å². The summed E-state index contributed by atoms with van der Waals surface area (Å²) in [5, 5.41) is 0. The average molecular weight is 1410 g/mol. The van der Waals surface area contributed by atoms with Crippen LogP contribution in [0, 0.1) is 116 Å². The van der Waals surface area contributed by atoms with E-state index >= 15 is 35.1 Å². The molecule has 16 bridgehead atoms. The summed E-state index contributed by atoms with van der Waals surface area (Å²) < 4.78 is 316. The predicted molar refractivity (Wildman–Crippen MR) is 322 cm³/mol. The van der Waals surface area contributed by atoms with E-state index in [1.165, 1.54) is 98.5 Å². The molecule has 6 aromatic carbocycles. The third-order valence-electron chi connectivity index (χ3n) is 15.2. The van der Waals surface area contributed by atoms with Gasteiger partial charge in [-0.15, -0.1) is 0 Å². The Morgan fingerprint density at radius 3 is 0.640 bits per heavy atom. The first-order valence-corrected chi connectivity index (χ1v) is 29.2. The Balaban J connectivity index is 0.000000175. The normalized spacial score (nSPS) is 14.9. The molecule has 30 heteroatoms. The van der Waals surface area contributed by atoms with Crippen molar-refractivity contribution in [3.05, 3.63) is 306 Å². The lowest BCUT2D eigenvalue weighted by atomic mass is 9.98. The van der Waals surface area contributed by atoms with Gasteiger partial charge in [-0.3, -0.25) is 0 Å². The van der Waals surface area contributed by atoms with Crippen molar-refractivity contribution < 1.29 is 107 Å². The summed E-state index contributed by atoms with van der Waals surface area (Å²) in [6.07, 6.45) is 14.9. The number of allylic oxidation sites excluding steroid dienone is 4. The fourth-order valence-corrected chi connectivity index (χ4v) is 10.6. The summed E-state index contributed by atoms with van der Waals surface area (Å²) in [6, 6.07) is 15.6. The number of hydrogen-bond donors (Lipinski definition) is 2. The first kappa shape index (κ1) is 68.2. The SMILES string of the molecule is CCCCCC.Fc1c(F)c(F)c(C2=C3C=CC(=N3)Oc3cccc(c3)OC3=NC(=C(c4c(F)c(F)c(F)c(F)c4F)c4ccc2[nH]4)C=C3)c(F)c1F.Fc1c(F)c(F)c(C2=C3C=CC(=N3)Oc3cccc(c3)OC3=NC(=C(c4c(F)c(F)c(F)c(F)c4F)c4ccc2[nH]4)C=C3)c(F)c1F. The number of H-pyrrole nitrogens is 2. The largest absolute Gasteiger partial charge is 0.439 e. The molecule has 510 valence electrons. The zero-order chi connectivity index (χ0) is 71.4. The van der Waals surface area contributed by atoms with Gasteiger partial charge in [-0.25, -0.2) is 108 Å². The third-order valence-corrected chi connectivity index (χ3v) is 15.2. The maximum absolute atomic E-state index is 15.3. The Morgan fingerprint density at radius 2 is 0.450 bits per heavy atom. The smallest absolute Gasteiger partial charge is 0.219 e. The number of ether oxygens (including phenoxy) is 4. The van der Waals surface area contributed by atoms with Gasteiger partial charge in [0, 0.05) is 81.5 Å². The molecule has 0 atom stereocenters. The lowest BCUT2D eigenvalue weighted by Gasteiger charge is -2.14. The summed E-state index contributed by atoms with van der Waals surface area (Å²) in [4.78, 5) is 21.6. The third kappa shape index (κ3) is 12.4. The lowest BCUT2D eigenvalue weighted by molar-refractivity contribution is 0.376. The van der Waals surface area contributed by atoms with Crippen LogP contribution in [0.5, 0.6) is 23.0 Å². The second-order valence-corrected chi connectivity index (χ2v) is 21.6. The minimum absolute atomic E-state index is 0.111. The molecule has 100 heavy (non-hydrogen) atoms. The van der Waals surface area contributed by atoms with Gasteiger partial charge in [-0.05, 0) is 72.8 Å². The van der Waals surface area contributed by atoms with E-state index in [2.05, 4.69) is 43.8 Å². The first-order valence-electron chi connectivity index (χ1n) is 29.2. The van der Waals surface area contributed by atoms with Crippen LogP contribution in [-0.4, -0.2) is 33.6 Å². The number of rotatable bonds is 7. The average Bonchev–Trinajstić information content (AvgIpc) is 1.50. The van der Waals surface area contributed by atoms with Crippen LogP contribution in [0.3, 0.4) is 0 Å². The van der Waals surface area contributed by atoms with E-state index in [0.717, 1.165) is 48.6 Å². The molecule has 6 aliphatic heterocycles. The molecule has 0 saturated heterocycles. The molecule has 0 unspecified atom stereocenters. The molecule has 0 radical (unpaired) electrons. The number of benzene rings is 6. The molecule has 0 spiro atoms. The van der Waals surface area contributed by atoms with E-state index in [9.17, 15) is 52.7 Å². The van der Waals surface area contributed by atoms with Gasteiger partial charge in [0.05, 0.1) is 45.0 Å². The van der Waals surface area contributed by atoms with E-state index in [1.807, 2.05) is 0 Å². The van der Waals surface area contributed by atoms with Gasteiger partial charge >= 0.3 is 0 Å². The van der Waals surface area contributed by atoms with Gasteiger partial charge in [0.25, 0.3) is 0 Å². The Hall–Kier alpha value is -11.7. The summed E-state index contributed by atoms with van der Waals surface area (Å²) in [6.45, 7) is 4.46. The van der Waals surface area contributed by atoms with Crippen LogP contribution in [0.25, 0.3) is 22.3 Å². The van der Waals surface area contributed by atoms with E-state index in [4.69, 9.17) is 18.9 Å². The molecule has 14 rings (SSSR count). The second-order valence-electron chi connectivity index (χ2n) is 21.6. The number of aliphatic imine (C=N–C) groups is 4. The van der Waals surface area contributed by atoms with Crippen LogP contribution in [-0.2, 0) is 0 Å². The number of halogens is 20. The van der Waals surface area contributed by atoms with Crippen molar-refractivity contribution in [3.63, 3.8) is 0 Å². The molecule has 0 amide bonds. The van der Waals surface area contributed by atoms with Gasteiger partial charge in [0.15, 0.2) is 93.1 Å². The molecule has 2 N–H and O–H groups in total. The summed E-state index contributed by atoms with van der Waals surface area (Å²) in [5.74, 6) is -46.3. The Morgan fingerprint density at radius 1 is 0.260 bits per heavy atom. The van der Waals surface area contributed by atoms with Crippen LogP contribution >= 0.6 is 0 Å². The number of aromatic nitrogens is 2. The highest BCUT2D eigenvalue weighted by atomic mass is 19.2. The quantitative estimate of drug-likeness (QED) is 0.0715. The summed E-state index contributed by atoms with van der Waals surface area (Å²) in [7, 11) is 0. The van der Waals surface area contributed by atoms with Gasteiger partial charge in [0.2, 0.25) is 46.9 Å². The minimum atomic E-state index is -2.44. The van der Waals surface area contributed by atoms with Gasteiger partial charge < -0.3 is 28.9 Å². The highest BCUT2D eigenvalue weighted by molar-refractivity contribution is 6.01. The molecular formula is C70H36F20N6O4. The number of hydrogen-bond acceptors (Lipinski definition) is 8. The van der Waals surface area contributed by atoms with Crippen molar-refractivity contribution in [2.45, 2.75) is 39.5 Å². The monoisotopic (exact) mass is 1400 g/mol. The van der Waals surface area contributed by atoms with Crippen LogP contribution in [0.2, 0.25) is 0 Å². The number of unbranched alkanes of at least 4 members (excludes halogenated alkanes) is 3. The van der Waals surface area contributed by atoms with E-state index in [0.29, 0.717) is 0 Å². The highest BCUT2D eigenvalue weighted by Crippen LogP contribution is 2.44. The number of nitrogens with zero attached hydrogens (tertiary/aromatic N) is 4. The number of fused-ring (bicyclic) bond motifs is 12. The van der Waals surface area contributed by atoms with E-state index < -0.39 is 206 Å². The Bertz CT molecular complexity index is 4500. The number of nitrogens with one attached hydrogen (secondary N) is 2. The predicted octanol–water partition coefficient (Wildman–Crippen LogP) is 19.3. The maximum atomic E-state index is 15.3. The van der Waals surface area contributed by atoms with Crippen molar-refractivity contribution in [1.82, 2.24) is 9.97 Å². The molecule has 6 aliphatic rings. The Kier molecular flexibility index (Phi) is 18.6. The molecular weight excluding hydrogens is 1370 g/mol. The Labute approximate surface area is 549 Å². The van der Waals surface area contributed by atoms with Crippen LogP contribution in [0.1, 0.15) is 84.6 Å². The fraction of sp³-hybridized carbons (Fsp3) is 0.0857. The molecule has 10 nitrogen and oxygen atoms in total. The summed E-state index contributed by atoms with van der Waals surface area (Å²) in [5.41, 5.74) is -12.1. The second kappa shape index (κ2) is 27.3. The summed E-state index contributed by atoms with van der Waals surface area (Å²) >= 11 is 0. The molecule has 8 aromatic rings.